The van der Waals surface area contributed by atoms with Crippen LogP contribution < -0.4 is 5.73 Å². The maximum absolute atomic E-state index is 13.2. The van der Waals surface area contributed by atoms with Crippen LogP contribution in [0.4, 0.5) is 4.39 Å². The van der Waals surface area contributed by atoms with Crippen LogP contribution in [0.2, 0.25) is 0 Å². The molecule has 0 aromatic heterocycles. The number of hydrogen-bond donors (Lipinski definition) is 3. The van der Waals surface area contributed by atoms with Gasteiger partial charge in [0.1, 0.15) is 11.7 Å². The molecule has 0 unspecified atom stereocenters. The Bertz CT molecular complexity index is 472. The monoisotopic (exact) mass is 265 g/mol. The Morgan fingerprint density at radius 3 is 2.79 bits per heavy atom. The minimum atomic E-state index is -0.376. The maximum Gasteiger partial charge on any atom is 0.123 e. The van der Waals surface area contributed by atoms with E-state index in [4.69, 9.17) is 11.1 Å². The summed E-state index contributed by atoms with van der Waals surface area (Å²) < 4.78 is 13.2. The van der Waals surface area contributed by atoms with Gasteiger partial charge in [0.2, 0.25) is 0 Å². The highest BCUT2D eigenvalue weighted by Gasteiger charge is 2.27. The molecule has 1 aliphatic rings. The third-order valence-corrected chi connectivity index (χ3v) is 3.58. The number of nitrogens with one attached hydrogen (secondary N) is 1. The van der Waals surface area contributed by atoms with Crippen molar-refractivity contribution < 1.29 is 9.50 Å². The molecule has 0 saturated heterocycles. The summed E-state index contributed by atoms with van der Waals surface area (Å²) in [5.74, 6) is 0.0434. The van der Waals surface area contributed by atoms with Crippen LogP contribution in [0.1, 0.15) is 24.0 Å². The summed E-state index contributed by atoms with van der Waals surface area (Å²) in [6, 6.07) is 4.37. The predicted octanol–water partition coefficient (Wildman–Crippen LogP) is 1.31. The first kappa shape index (κ1) is 14.0. The molecule has 1 aromatic carbocycles. The average Bonchev–Trinajstić information content (AvgIpc) is 2.29. The standard InChI is InChI=1S/C14H20FN3O/c1-18(7-9-4-12(19)5-9)8-10-2-3-11(15)6-13(10)14(16)17/h2-3,6,9,12,19H,4-5,7-8H2,1H3,(H3,16,17). The van der Waals surface area contributed by atoms with E-state index in [0.29, 0.717) is 18.0 Å². The van der Waals surface area contributed by atoms with Gasteiger partial charge in [-0.05, 0) is 43.5 Å². The van der Waals surface area contributed by atoms with Gasteiger partial charge in [0, 0.05) is 18.7 Å². The number of halogens is 1. The topological polar surface area (TPSA) is 73.3 Å². The quantitative estimate of drug-likeness (QED) is 0.555. The lowest BCUT2D eigenvalue weighted by Gasteiger charge is -2.34. The van der Waals surface area contributed by atoms with E-state index >= 15 is 0 Å². The van der Waals surface area contributed by atoms with Crippen molar-refractivity contribution >= 4 is 5.84 Å². The average molecular weight is 265 g/mol. The number of aliphatic hydroxyl groups is 1. The lowest BCUT2D eigenvalue weighted by Crippen LogP contribution is -2.37. The smallest absolute Gasteiger partial charge is 0.123 e. The second-order valence-corrected chi connectivity index (χ2v) is 5.40. The highest BCUT2D eigenvalue weighted by Crippen LogP contribution is 2.28. The fourth-order valence-corrected chi connectivity index (χ4v) is 2.58. The normalized spacial score (nSPS) is 22.3. The zero-order valence-electron chi connectivity index (χ0n) is 11.1. The van der Waals surface area contributed by atoms with E-state index in [-0.39, 0.29) is 17.8 Å². The molecule has 0 heterocycles. The maximum atomic E-state index is 13.2. The molecule has 4 nitrogen and oxygen atoms in total. The molecule has 0 radical (unpaired) electrons. The number of nitrogen functional groups attached to an aromatic ring is 1. The summed E-state index contributed by atoms with van der Waals surface area (Å²) in [6.07, 6.45) is 1.57. The van der Waals surface area contributed by atoms with Crippen molar-refractivity contribution in [3.05, 3.63) is 35.1 Å². The van der Waals surface area contributed by atoms with Crippen LogP contribution in [-0.4, -0.2) is 35.5 Å². The zero-order chi connectivity index (χ0) is 14.0. The van der Waals surface area contributed by atoms with Crippen LogP contribution in [0.5, 0.6) is 0 Å². The molecule has 0 atom stereocenters. The van der Waals surface area contributed by atoms with Gasteiger partial charge in [-0.25, -0.2) is 4.39 Å². The number of aliphatic hydroxyl groups excluding tert-OH is 1. The molecule has 4 N–H and O–H groups in total. The number of nitrogens with two attached hydrogens (primary N) is 1. The van der Waals surface area contributed by atoms with Crippen LogP contribution in [0.15, 0.2) is 18.2 Å². The summed E-state index contributed by atoms with van der Waals surface area (Å²) in [5.41, 5.74) is 6.80. The number of hydrogen-bond acceptors (Lipinski definition) is 3. The van der Waals surface area contributed by atoms with Crippen molar-refractivity contribution in [1.82, 2.24) is 4.90 Å². The van der Waals surface area contributed by atoms with E-state index in [1.807, 2.05) is 7.05 Å². The van der Waals surface area contributed by atoms with Crippen molar-refractivity contribution in [3.8, 4) is 0 Å². The SMILES string of the molecule is CN(Cc1ccc(F)cc1C(=N)N)CC1CC(O)C1. The fraction of sp³-hybridized carbons (Fsp3) is 0.500. The molecular formula is C14H20FN3O. The van der Waals surface area contributed by atoms with Gasteiger partial charge in [0.05, 0.1) is 6.10 Å². The van der Waals surface area contributed by atoms with Crippen LogP contribution in [-0.2, 0) is 6.54 Å². The fourth-order valence-electron chi connectivity index (χ4n) is 2.58. The molecule has 5 heteroatoms. The Labute approximate surface area is 112 Å². The van der Waals surface area contributed by atoms with Crippen molar-refractivity contribution in [3.63, 3.8) is 0 Å². The van der Waals surface area contributed by atoms with Crippen molar-refractivity contribution in [2.24, 2.45) is 11.7 Å². The lowest BCUT2D eigenvalue weighted by molar-refractivity contribution is 0.0274. The van der Waals surface area contributed by atoms with Gasteiger partial charge in [-0.3, -0.25) is 5.41 Å². The highest BCUT2D eigenvalue weighted by molar-refractivity contribution is 5.96. The first-order chi connectivity index (χ1) is 8.95. The number of amidine groups is 1. The second-order valence-electron chi connectivity index (χ2n) is 5.40. The Morgan fingerprint density at radius 2 is 2.21 bits per heavy atom. The molecule has 1 fully saturated rings. The summed E-state index contributed by atoms with van der Waals surface area (Å²) in [4.78, 5) is 2.12. The molecule has 0 spiro atoms. The van der Waals surface area contributed by atoms with E-state index in [1.165, 1.54) is 12.1 Å². The van der Waals surface area contributed by atoms with Crippen LogP contribution >= 0.6 is 0 Å². The summed E-state index contributed by atoms with van der Waals surface area (Å²) in [7, 11) is 1.98. The predicted molar refractivity (Wildman–Crippen MR) is 72.5 cm³/mol. The van der Waals surface area contributed by atoms with E-state index in [0.717, 1.165) is 24.9 Å². The molecule has 1 aliphatic carbocycles. The molecule has 1 aromatic rings. The van der Waals surface area contributed by atoms with Crippen LogP contribution in [0.25, 0.3) is 0 Å². The molecule has 2 rings (SSSR count). The molecule has 0 amide bonds. The molecule has 1 saturated carbocycles. The van der Waals surface area contributed by atoms with Crippen molar-refractivity contribution in [2.75, 3.05) is 13.6 Å². The van der Waals surface area contributed by atoms with E-state index < -0.39 is 0 Å². The molecule has 19 heavy (non-hydrogen) atoms. The van der Waals surface area contributed by atoms with Crippen molar-refractivity contribution in [2.45, 2.75) is 25.5 Å². The van der Waals surface area contributed by atoms with Gasteiger partial charge in [-0.2, -0.15) is 0 Å². The number of nitrogens with zero attached hydrogens (tertiary/aromatic N) is 1. The summed E-state index contributed by atoms with van der Waals surface area (Å²) in [5, 5.41) is 16.8. The summed E-state index contributed by atoms with van der Waals surface area (Å²) >= 11 is 0. The van der Waals surface area contributed by atoms with Gasteiger partial charge in [-0.15, -0.1) is 0 Å². The largest absolute Gasteiger partial charge is 0.393 e. The van der Waals surface area contributed by atoms with E-state index in [9.17, 15) is 9.50 Å². The Hall–Kier alpha value is -1.46. The molecule has 0 bridgehead atoms. The molecule has 104 valence electrons. The zero-order valence-corrected chi connectivity index (χ0v) is 11.1. The summed E-state index contributed by atoms with van der Waals surface area (Å²) in [6.45, 7) is 1.52. The van der Waals surface area contributed by atoms with Gasteiger partial charge in [0.15, 0.2) is 0 Å². The Morgan fingerprint density at radius 1 is 1.53 bits per heavy atom. The lowest BCUT2D eigenvalue weighted by atomic mass is 9.82. The number of rotatable bonds is 5. The van der Waals surface area contributed by atoms with Gasteiger partial charge < -0.3 is 15.7 Å². The second kappa shape index (κ2) is 5.67. The van der Waals surface area contributed by atoms with Gasteiger partial charge in [-0.1, -0.05) is 6.07 Å². The minimum absolute atomic E-state index is 0.109. The molecular weight excluding hydrogens is 245 g/mol. The van der Waals surface area contributed by atoms with E-state index in [2.05, 4.69) is 4.90 Å². The van der Waals surface area contributed by atoms with Crippen molar-refractivity contribution in [1.29, 1.82) is 5.41 Å². The third kappa shape index (κ3) is 3.52. The first-order valence-electron chi connectivity index (χ1n) is 6.45. The van der Waals surface area contributed by atoms with Crippen LogP contribution in [0, 0.1) is 17.1 Å². The minimum Gasteiger partial charge on any atom is -0.393 e. The van der Waals surface area contributed by atoms with Crippen LogP contribution in [0.3, 0.4) is 0 Å². The highest BCUT2D eigenvalue weighted by atomic mass is 19.1. The van der Waals surface area contributed by atoms with E-state index in [1.54, 1.807) is 6.07 Å². The Balaban J connectivity index is 1.99. The molecule has 0 aliphatic heterocycles. The third-order valence-electron chi connectivity index (χ3n) is 3.58. The first-order valence-corrected chi connectivity index (χ1v) is 6.45. The van der Waals surface area contributed by atoms with Gasteiger partial charge in [0.25, 0.3) is 0 Å². The Kier molecular flexibility index (Phi) is 4.17. The number of benzene rings is 1. The van der Waals surface area contributed by atoms with Gasteiger partial charge >= 0.3 is 0 Å².